The third kappa shape index (κ3) is 5.44. The number of hydrogen-bond donors (Lipinski definition) is 0. The summed E-state index contributed by atoms with van der Waals surface area (Å²) in [4.78, 5) is 0. The molecule has 0 saturated carbocycles. The summed E-state index contributed by atoms with van der Waals surface area (Å²) in [6.45, 7) is 5.53. The molecule has 140 valence electrons. The van der Waals surface area contributed by atoms with Crippen LogP contribution in [0.3, 0.4) is 0 Å². The van der Waals surface area contributed by atoms with E-state index in [0.717, 1.165) is 11.0 Å². The molecular formula is C17H20F6NP. The fourth-order valence-corrected chi connectivity index (χ4v) is 3.07. The van der Waals surface area contributed by atoms with Gasteiger partial charge < -0.3 is 0 Å². The van der Waals surface area contributed by atoms with Gasteiger partial charge in [0.2, 0.25) is 0 Å². The van der Waals surface area contributed by atoms with Gasteiger partial charge >= 0.3 is 33.0 Å². The molecule has 2 aromatic carbocycles. The van der Waals surface area contributed by atoms with Crippen molar-refractivity contribution in [3.63, 3.8) is 0 Å². The topological polar surface area (TPSA) is 0 Å². The molecule has 2 aromatic rings. The zero-order chi connectivity index (χ0) is 19.3. The minimum absolute atomic E-state index is 0.939. The van der Waals surface area contributed by atoms with Crippen LogP contribution in [0.25, 0.3) is 16.3 Å². The Kier molecular flexibility index (Phi) is 4.11. The molecule has 1 heterocycles. The monoisotopic (exact) mass is 383 g/mol. The summed E-state index contributed by atoms with van der Waals surface area (Å²) in [7, 11) is -6.06. The van der Waals surface area contributed by atoms with Crippen LogP contribution in [0.5, 0.6) is 0 Å². The fraction of sp³-hybridized carbons (Fsp3) is 0.294. The molecule has 0 fully saturated rings. The number of quaternary nitrogens is 1. The molecule has 0 atom stereocenters. The van der Waals surface area contributed by atoms with Crippen LogP contribution >= 0.6 is 7.81 Å². The van der Waals surface area contributed by atoms with Crippen LogP contribution in [0.2, 0.25) is 0 Å². The molecule has 25 heavy (non-hydrogen) atoms. The summed E-state index contributed by atoms with van der Waals surface area (Å²) in [6, 6.07) is 13.3. The number of likely N-dealkylation sites (N-methyl/N-ethyl adjacent to an activating group) is 1. The zero-order valence-electron chi connectivity index (χ0n) is 14.3. The van der Waals surface area contributed by atoms with Crippen molar-refractivity contribution < 1.29 is 25.2 Å². The molecule has 8 heteroatoms. The SMILES string of the molecule is CC(C)=C1C[N+](C)(C)c2cccc3cccc1c23.F[P-](F)(F)(F)(F)F. The van der Waals surface area contributed by atoms with Gasteiger partial charge in [-0.2, -0.15) is 0 Å². The predicted octanol–water partition coefficient (Wildman–Crippen LogP) is 7.60. The number of hydrogen-bond acceptors (Lipinski definition) is 0. The molecule has 1 aliphatic heterocycles. The van der Waals surface area contributed by atoms with E-state index in [1.165, 1.54) is 33.2 Å². The number of nitrogens with zero attached hydrogens (tertiary/aromatic N) is 1. The van der Waals surface area contributed by atoms with E-state index in [9.17, 15) is 25.2 Å². The van der Waals surface area contributed by atoms with E-state index in [2.05, 4.69) is 64.3 Å². The van der Waals surface area contributed by atoms with Crippen molar-refractivity contribution in [1.82, 2.24) is 4.48 Å². The van der Waals surface area contributed by atoms with Crippen LogP contribution in [-0.2, 0) is 0 Å². The first-order valence-corrected chi connectivity index (χ1v) is 9.57. The van der Waals surface area contributed by atoms with Gasteiger partial charge in [-0.3, -0.25) is 4.48 Å². The van der Waals surface area contributed by atoms with Crippen molar-refractivity contribution in [2.45, 2.75) is 13.8 Å². The second kappa shape index (κ2) is 5.21. The first-order chi connectivity index (χ1) is 11.0. The zero-order valence-corrected chi connectivity index (χ0v) is 15.2. The molecule has 0 spiro atoms. The van der Waals surface area contributed by atoms with E-state index in [1.54, 1.807) is 0 Å². The summed E-state index contributed by atoms with van der Waals surface area (Å²) in [5.41, 5.74) is 5.81. The van der Waals surface area contributed by atoms with Gasteiger partial charge in [0, 0.05) is 5.57 Å². The van der Waals surface area contributed by atoms with E-state index < -0.39 is 7.81 Å². The van der Waals surface area contributed by atoms with Crippen LogP contribution in [0, 0.1) is 0 Å². The maximum absolute atomic E-state index is 10.7. The fourth-order valence-electron chi connectivity index (χ4n) is 3.07. The number of allylic oxidation sites excluding steroid dienone is 1. The van der Waals surface area contributed by atoms with Crippen LogP contribution in [0.4, 0.5) is 30.9 Å². The molecule has 0 aromatic heterocycles. The number of rotatable bonds is 0. The Morgan fingerprint density at radius 2 is 1.36 bits per heavy atom. The van der Waals surface area contributed by atoms with Crippen LogP contribution in [-0.4, -0.2) is 20.6 Å². The van der Waals surface area contributed by atoms with Crippen LogP contribution < -0.4 is 4.48 Å². The summed E-state index contributed by atoms with van der Waals surface area (Å²) >= 11 is 0. The summed E-state index contributed by atoms with van der Waals surface area (Å²) in [6.07, 6.45) is 0. The normalized spacial score (nSPS) is 18.7. The van der Waals surface area contributed by atoms with Gasteiger partial charge in [-0.1, -0.05) is 35.9 Å². The van der Waals surface area contributed by atoms with Crippen molar-refractivity contribution in [2.24, 2.45) is 0 Å². The van der Waals surface area contributed by atoms with E-state index in [-0.39, 0.29) is 0 Å². The Morgan fingerprint density at radius 3 is 1.84 bits per heavy atom. The Labute approximate surface area is 142 Å². The molecular weight excluding hydrogens is 363 g/mol. The van der Waals surface area contributed by atoms with Gasteiger partial charge in [-0.25, -0.2) is 0 Å². The Balaban J connectivity index is 0.000000277. The molecule has 1 nitrogen and oxygen atoms in total. The maximum atomic E-state index is 9.87. The predicted molar refractivity (Wildman–Crippen MR) is 94.3 cm³/mol. The standard InChI is InChI=1S/C17H20N.F6P/c1-12(2)15-11-18(3,4)16-10-6-8-13-7-5-9-14(15)17(13)16;1-7(2,3,4,5)6/h5-10H,11H2,1-4H3;/q+1;-1. The summed E-state index contributed by atoms with van der Waals surface area (Å²) in [5, 5.41) is 2.79. The molecule has 0 radical (unpaired) electrons. The molecule has 0 saturated heterocycles. The van der Waals surface area contributed by atoms with Crippen molar-refractivity contribution >= 4 is 29.8 Å². The van der Waals surface area contributed by atoms with Gasteiger partial charge in [-0.05, 0) is 30.9 Å². The summed E-state index contributed by atoms with van der Waals surface area (Å²) < 4.78 is 60.1. The van der Waals surface area contributed by atoms with Gasteiger partial charge in [0.25, 0.3) is 0 Å². The Bertz CT molecular complexity index is 845. The van der Waals surface area contributed by atoms with E-state index in [4.69, 9.17) is 0 Å². The molecule has 0 amide bonds. The first-order valence-electron chi connectivity index (χ1n) is 7.54. The van der Waals surface area contributed by atoms with Crippen molar-refractivity contribution in [3.05, 3.63) is 47.5 Å². The first kappa shape index (κ1) is 19.7. The quantitative estimate of drug-likeness (QED) is 0.250. The van der Waals surface area contributed by atoms with E-state index in [1.807, 2.05) is 0 Å². The van der Waals surface area contributed by atoms with Crippen LogP contribution in [0.15, 0.2) is 42.0 Å². The van der Waals surface area contributed by atoms with Crippen LogP contribution in [0.1, 0.15) is 19.4 Å². The van der Waals surface area contributed by atoms with Gasteiger partial charge in [0.05, 0.1) is 19.5 Å². The molecule has 0 aliphatic carbocycles. The average Bonchev–Trinajstić information content (AvgIpc) is 2.39. The molecule has 0 N–H and O–H groups in total. The second-order valence-corrected chi connectivity index (χ2v) is 8.88. The van der Waals surface area contributed by atoms with Gasteiger partial charge in [0.15, 0.2) is 0 Å². The summed E-state index contributed by atoms with van der Waals surface area (Å²) in [5.74, 6) is 0. The van der Waals surface area contributed by atoms with Crippen molar-refractivity contribution in [1.29, 1.82) is 0 Å². The Hall–Kier alpha value is -1.59. The second-order valence-electron chi connectivity index (χ2n) is 6.96. The molecule has 3 rings (SSSR count). The minimum atomic E-state index is -10.7. The third-order valence-corrected chi connectivity index (χ3v) is 4.02. The Morgan fingerprint density at radius 1 is 0.880 bits per heavy atom. The van der Waals surface area contributed by atoms with E-state index >= 15 is 0 Å². The van der Waals surface area contributed by atoms with Crippen molar-refractivity contribution in [3.8, 4) is 0 Å². The molecule has 0 unspecified atom stereocenters. The molecule has 1 aliphatic rings. The van der Waals surface area contributed by atoms with Gasteiger partial charge in [0.1, 0.15) is 12.2 Å². The number of halogens is 6. The van der Waals surface area contributed by atoms with Crippen molar-refractivity contribution in [2.75, 3.05) is 20.6 Å². The molecule has 0 bridgehead atoms. The van der Waals surface area contributed by atoms with Gasteiger partial charge in [-0.15, -0.1) is 0 Å². The average molecular weight is 383 g/mol. The van der Waals surface area contributed by atoms with E-state index in [0.29, 0.717) is 0 Å². The third-order valence-electron chi connectivity index (χ3n) is 4.02. The number of benzene rings is 2.